The standard InChI is InChI=1S/C10H19NO2/c1-8(2)11-6-4-3-5-9(11)7-10(12)13/h8-9H,3-7H2,1-2H3,(H,12,13). The van der Waals surface area contributed by atoms with E-state index in [9.17, 15) is 4.79 Å². The Morgan fingerprint density at radius 3 is 2.77 bits per heavy atom. The molecule has 1 N–H and O–H groups in total. The summed E-state index contributed by atoms with van der Waals surface area (Å²) >= 11 is 0. The third-order valence-electron chi connectivity index (χ3n) is 2.75. The fraction of sp³-hybridized carbons (Fsp3) is 0.900. The molecule has 0 bridgehead atoms. The van der Waals surface area contributed by atoms with Crippen LogP contribution in [0.4, 0.5) is 0 Å². The van der Waals surface area contributed by atoms with E-state index in [0.717, 1.165) is 13.0 Å². The highest BCUT2D eigenvalue weighted by Gasteiger charge is 2.25. The molecular weight excluding hydrogens is 166 g/mol. The van der Waals surface area contributed by atoms with E-state index in [1.807, 2.05) is 0 Å². The summed E-state index contributed by atoms with van der Waals surface area (Å²) in [4.78, 5) is 12.9. The van der Waals surface area contributed by atoms with Gasteiger partial charge < -0.3 is 5.11 Å². The molecule has 13 heavy (non-hydrogen) atoms. The van der Waals surface area contributed by atoms with Crippen molar-refractivity contribution in [3.05, 3.63) is 0 Å². The Labute approximate surface area is 79.7 Å². The number of nitrogens with zero attached hydrogens (tertiary/aromatic N) is 1. The van der Waals surface area contributed by atoms with Crippen LogP contribution in [-0.2, 0) is 4.79 Å². The quantitative estimate of drug-likeness (QED) is 0.728. The fourth-order valence-corrected chi connectivity index (χ4v) is 2.12. The van der Waals surface area contributed by atoms with Gasteiger partial charge >= 0.3 is 5.97 Å². The van der Waals surface area contributed by atoms with Gasteiger partial charge in [0.1, 0.15) is 0 Å². The monoisotopic (exact) mass is 185 g/mol. The first-order valence-corrected chi connectivity index (χ1v) is 5.09. The molecule has 3 heteroatoms. The lowest BCUT2D eigenvalue weighted by Crippen LogP contribution is -2.44. The van der Waals surface area contributed by atoms with Gasteiger partial charge in [-0.1, -0.05) is 6.42 Å². The number of carboxylic acids is 1. The molecule has 76 valence electrons. The molecule has 1 rings (SSSR count). The molecule has 0 aliphatic carbocycles. The number of rotatable bonds is 3. The molecule has 1 saturated heterocycles. The highest BCUT2D eigenvalue weighted by molar-refractivity contribution is 5.67. The number of piperidine rings is 1. The average molecular weight is 185 g/mol. The Bertz CT molecular complexity index is 180. The zero-order valence-electron chi connectivity index (χ0n) is 8.49. The topological polar surface area (TPSA) is 40.5 Å². The first-order valence-electron chi connectivity index (χ1n) is 5.09. The summed E-state index contributed by atoms with van der Waals surface area (Å²) in [6, 6.07) is 0.746. The third-order valence-corrected chi connectivity index (χ3v) is 2.75. The lowest BCUT2D eigenvalue weighted by molar-refractivity contribution is -0.139. The molecule has 0 aromatic rings. The normalized spacial score (nSPS) is 25.0. The van der Waals surface area contributed by atoms with E-state index in [0.29, 0.717) is 12.5 Å². The van der Waals surface area contributed by atoms with E-state index in [1.54, 1.807) is 0 Å². The van der Waals surface area contributed by atoms with Gasteiger partial charge in [0.15, 0.2) is 0 Å². The molecular formula is C10H19NO2. The smallest absolute Gasteiger partial charge is 0.304 e. The summed E-state index contributed by atoms with van der Waals surface area (Å²) in [5, 5.41) is 8.74. The van der Waals surface area contributed by atoms with Gasteiger partial charge in [-0.15, -0.1) is 0 Å². The van der Waals surface area contributed by atoms with Gasteiger partial charge in [0.05, 0.1) is 6.42 Å². The second kappa shape index (κ2) is 4.61. The number of likely N-dealkylation sites (tertiary alicyclic amines) is 1. The van der Waals surface area contributed by atoms with Gasteiger partial charge in [0.25, 0.3) is 0 Å². The van der Waals surface area contributed by atoms with Crippen LogP contribution in [0, 0.1) is 0 Å². The number of carbonyl (C=O) groups is 1. The minimum Gasteiger partial charge on any atom is -0.481 e. The predicted octanol–water partition coefficient (Wildman–Crippen LogP) is 1.72. The maximum absolute atomic E-state index is 10.6. The van der Waals surface area contributed by atoms with Crippen molar-refractivity contribution in [2.24, 2.45) is 0 Å². The summed E-state index contributed by atoms with van der Waals surface area (Å²) in [6.45, 7) is 5.34. The summed E-state index contributed by atoms with van der Waals surface area (Å²) in [5.41, 5.74) is 0. The van der Waals surface area contributed by atoms with Gasteiger partial charge in [-0.2, -0.15) is 0 Å². The molecule has 0 aromatic carbocycles. The number of hydrogen-bond donors (Lipinski definition) is 1. The molecule has 0 aromatic heterocycles. The summed E-state index contributed by atoms with van der Waals surface area (Å²) in [6.07, 6.45) is 3.75. The first kappa shape index (κ1) is 10.5. The first-order chi connectivity index (χ1) is 6.11. The van der Waals surface area contributed by atoms with E-state index in [1.165, 1.54) is 12.8 Å². The molecule has 0 spiro atoms. The maximum Gasteiger partial charge on any atom is 0.304 e. The van der Waals surface area contributed by atoms with Crippen molar-refractivity contribution < 1.29 is 9.90 Å². The zero-order chi connectivity index (χ0) is 9.84. The van der Waals surface area contributed by atoms with Gasteiger partial charge in [0.2, 0.25) is 0 Å². The van der Waals surface area contributed by atoms with Crippen molar-refractivity contribution in [2.75, 3.05) is 6.54 Å². The Morgan fingerprint density at radius 2 is 2.23 bits per heavy atom. The van der Waals surface area contributed by atoms with Crippen LogP contribution in [0.1, 0.15) is 39.5 Å². The second-order valence-electron chi connectivity index (χ2n) is 4.08. The number of aliphatic carboxylic acids is 1. The van der Waals surface area contributed by atoms with Crippen molar-refractivity contribution in [1.82, 2.24) is 4.90 Å². The van der Waals surface area contributed by atoms with Crippen LogP contribution >= 0.6 is 0 Å². The lowest BCUT2D eigenvalue weighted by atomic mass is 9.98. The van der Waals surface area contributed by atoms with Crippen LogP contribution in [0.25, 0.3) is 0 Å². The maximum atomic E-state index is 10.6. The SMILES string of the molecule is CC(C)N1CCCCC1CC(=O)O. The van der Waals surface area contributed by atoms with Crippen molar-refractivity contribution in [3.63, 3.8) is 0 Å². The molecule has 1 fully saturated rings. The predicted molar refractivity (Wildman–Crippen MR) is 51.7 cm³/mol. The van der Waals surface area contributed by atoms with Crippen LogP contribution < -0.4 is 0 Å². The minimum absolute atomic E-state index is 0.270. The molecule has 0 radical (unpaired) electrons. The van der Waals surface area contributed by atoms with Crippen LogP contribution in [-0.4, -0.2) is 34.6 Å². The average Bonchev–Trinajstić information content (AvgIpc) is 2.03. The van der Waals surface area contributed by atoms with Gasteiger partial charge in [-0.25, -0.2) is 0 Å². The van der Waals surface area contributed by atoms with Crippen LogP contribution in [0.15, 0.2) is 0 Å². The van der Waals surface area contributed by atoms with E-state index < -0.39 is 5.97 Å². The summed E-state index contributed by atoms with van der Waals surface area (Å²) in [7, 11) is 0. The van der Waals surface area contributed by atoms with Crippen molar-refractivity contribution in [1.29, 1.82) is 0 Å². The molecule has 1 atom stereocenters. The van der Waals surface area contributed by atoms with Crippen molar-refractivity contribution in [2.45, 2.75) is 51.6 Å². The fourth-order valence-electron chi connectivity index (χ4n) is 2.12. The molecule has 0 saturated carbocycles. The molecule has 1 heterocycles. The highest BCUT2D eigenvalue weighted by atomic mass is 16.4. The number of hydrogen-bond acceptors (Lipinski definition) is 2. The molecule has 3 nitrogen and oxygen atoms in total. The van der Waals surface area contributed by atoms with Crippen LogP contribution in [0.3, 0.4) is 0 Å². The van der Waals surface area contributed by atoms with Crippen LogP contribution in [0.5, 0.6) is 0 Å². The molecule has 0 amide bonds. The van der Waals surface area contributed by atoms with Gasteiger partial charge in [0, 0.05) is 12.1 Å². The van der Waals surface area contributed by atoms with E-state index in [-0.39, 0.29) is 6.04 Å². The Morgan fingerprint density at radius 1 is 1.54 bits per heavy atom. The summed E-state index contributed by atoms with van der Waals surface area (Å²) in [5.74, 6) is -0.669. The highest BCUT2D eigenvalue weighted by Crippen LogP contribution is 2.21. The van der Waals surface area contributed by atoms with E-state index in [2.05, 4.69) is 18.7 Å². The molecule has 1 aliphatic rings. The van der Waals surface area contributed by atoms with E-state index in [4.69, 9.17) is 5.11 Å². The van der Waals surface area contributed by atoms with Crippen molar-refractivity contribution >= 4 is 5.97 Å². The lowest BCUT2D eigenvalue weighted by Gasteiger charge is -2.37. The molecule has 1 unspecified atom stereocenters. The third kappa shape index (κ3) is 2.99. The van der Waals surface area contributed by atoms with Crippen molar-refractivity contribution in [3.8, 4) is 0 Å². The number of carboxylic acid groups (broad SMARTS) is 1. The largest absolute Gasteiger partial charge is 0.481 e. The molecule has 1 aliphatic heterocycles. The Hall–Kier alpha value is -0.570. The Kier molecular flexibility index (Phi) is 3.72. The zero-order valence-corrected chi connectivity index (χ0v) is 8.49. The Balaban J connectivity index is 2.51. The minimum atomic E-state index is -0.669. The summed E-state index contributed by atoms with van der Waals surface area (Å²) < 4.78 is 0. The van der Waals surface area contributed by atoms with Gasteiger partial charge in [-0.05, 0) is 33.2 Å². The van der Waals surface area contributed by atoms with E-state index >= 15 is 0 Å². The second-order valence-corrected chi connectivity index (χ2v) is 4.08. The van der Waals surface area contributed by atoms with Crippen LogP contribution in [0.2, 0.25) is 0 Å². The van der Waals surface area contributed by atoms with Gasteiger partial charge in [-0.3, -0.25) is 9.69 Å².